The second-order valence-electron chi connectivity index (χ2n) is 7.94. The lowest BCUT2D eigenvalue weighted by Crippen LogP contribution is -2.43. The number of hydrogen-bond acceptors (Lipinski definition) is 6. The zero-order chi connectivity index (χ0) is 21.3. The van der Waals surface area contributed by atoms with Crippen molar-refractivity contribution in [3.8, 4) is 11.3 Å². The van der Waals surface area contributed by atoms with E-state index in [0.717, 1.165) is 25.1 Å². The fourth-order valence-corrected chi connectivity index (χ4v) is 5.98. The number of carbonyl (C=O) groups is 1. The summed E-state index contributed by atoms with van der Waals surface area (Å²) in [5.41, 5.74) is 0.613. The summed E-state index contributed by atoms with van der Waals surface area (Å²) in [5.74, 6) is 2.05. The van der Waals surface area contributed by atoms with Crippen LogP contribution in [-0.2, 0) is 11.3 Å². The van der Waals surface area contributed by atoms with E-state index in [9.17, 15) is 9.59 Å². The zero-order valence-electron chi connectivity index (χ0n) is 17.2. The highest BCUT2D eigenvalue weighted by Crippen LogP contribution is 2.32. The Kier molecular flexibility index (Phi) is 6.15. The minimum absolute atomic E-state index is 0.0975. The molecule has 30 heavy (non-hydrogen) atoms. The molecular weight excluding hydrogens is 418 g/mol. The molecule has 6 nitrogen and oxygen atoms in total. The van der Waals surface area contributed by atoms with Gasteiger partial charge in [-0.15, -0.1) is 17.9 Å². The maximum Gasteiger partial charge on any atom is 0.263 e. The fourth-order valence-electron chi connectivity index (χ4n) is 4.10. The Morgan fingerprint density at radius 2 is 2.17 bits per heavy atom. The van der Waals surface area contributed by atoms with E-state index < -0.39 is 0 Å². The third-order valence-corrected chi connectivity index (χ3v) is 7.14. The summed E-state index contributed by atoms with van der Waals surface area (Å²) >= 11 is 2.73. The predicted octanol–water partition coefficient (Wildman–Crippen LogP) is 4.50. The molecule has 0 bridgehead atoms. The van der Waals surface area contributed by atoms with Crippen LogP contribution in [0.1, 0.15) is 20.3 Å². The summed E-state index contributed by atoms with van der Waals surface area (Å²) < 4.78 is 7.08. The number of nitrogens with zero attached hydrogens (tertiary/aromatic N) is 3. The van der Waals surface area contributed by atoms with Gasteiger partial charge in [0.05, 0.1) is 17.4 Å². The van der Waals surface area contributed by atoms with Gasteiger partial charge in [0.2, 0.25) is 5.91 Å². The molecule has 1 saturated heterocycles. The first-order chi connectivity index (χ1) is 14.5. The van der Waals surface area contributed by atoms with E-state index in [1.165, 1.54) is 23.1 Å². The number of rotatable bonds is 6. The van der Waals surface area contributed by atoms with Gasteiger partial charge in [-0.2, -0.15) is 0 Å². The Hall–Kier alpha value is -2.32. The van der Waals surface area contributed by atoms with E-state index in [2.05, 4.69) is 20.4 Å². The van der Waals surface area contributed by atoms with Gasteiger partial charge in [0.1, 0.15) is 10.6 Å². The third-order valence-electron chi connectivity index (χ3n) is 5.30. The van der Waals surface area contributed by atoms with Crippen molar-refractivity contribution in [3.63, 3.8) is 0 Å². The van der Waals surface area contributed by atoms with Crippen molar-refractivity contribution in [2.75, 3.05) is 18.8 Å². The second kappa shape index (κ2) is 8.81. The molecule has 1 amide bonds. The van der Waals surface area contributed by atoms with Gasteiger partial charge < -0.3 is 9.32 Å². The molecule has 158 valence electrons. The van der Waals surface area contributed by atoms with Gasteiger partial charge in [-0.3, -0.25) is 14.2 Å². The predicted molar refractivity (Wildman–Crippen MR) is 122 cm³/mol. The molecule has 0 aliphatic carbocycles. The van der Waals surface area contributed by atoms with E-state index in [4.69, 9.17) is 9.40 Å². The van der Waals surface area contributed by atoms with Crippen LogP contribution in [0, 0.1) is 11.8 Å². The topological polar surface area (TPSA) is 68.3 Å². The first kappa shape index (κ1) is 20.9. The SMILES string of the molecule is C=CCn1c(SCC(=O)N2C[C@H](C)C[C@@H](C)C2)nc2scc(-c3ccco3)c2c1=O. The van der Waals surface area contributed by atoms with E-state index in [0.29, 0.717) is 39.5 Å². The molecule has 0 unspecified atom stereocenters. The first-order valence-corrected chi connectivity index (χ1v) is 11.9. The average molecular weight is 444 g/mol. The average Bonchev–Trinajstić information content (AvgIpc) is 3.37. The van der Waals surface area contributed by atoms with E-state index >= 15 is 0 Å². The minimum Gasteiger partial charge on any atom is -0.464 e. The Morgan fingerprint density at radius 1 is 1.40 bits per heavy atom. The zero-order valence-corrected chi connectivity index (χ0v) is 18.8. The molecular formula is C22H25N3O3S2. The summed E-state index contributed by atoms with van der Waals surface area (Å²) in [6, 6.07) is 3.63. The molecule has 4 heterocycles. The third kappa shape index (κ3) is 4.11. The monoisotopic (exact) mass is 443 g/mol. The van der Waals surface area contributed by atoms with Gasteiger partial charge in [-0.1, -0.05) is 31.7 Å². The van der Waals surface area contributed by atoms with Gasteiger partial charge in [0, 0.05) is 30.6 Å². The summed E-state index contributed by atoms with van der Waals surface area (Å²) in [4.78, 5) is 33.4. The van der Waals surface area contributed by atoms with Crippen molar-refractivity contribution >= 4 is 39.2 Å². The quantitative estimate of drug-likeness (QED) is 0.319. The van der Waals surface area contributed by atoms with Gasteiger partial charge >= 0.3 is 0 Å². The van der Waals surface area contributed by atoms with Crippen LogP contribution in [0.5, 0.6) is 0 Å². The van der Waals surface area contributed by atoms with E-state index in [-0.39, 0.29) is 17.2 Å². The molecule has 1 aliphatic rings. The molecule has 0 spiro atoms. The van der Waals surface area contributed by atoms with Gasteiger partial charge in [0.25, 0.3) is 5.56 Å². The van der Waals surface area contributed by atoms with Crippen LogP contribution < -0.4 is 5.56 Å². The number of furan rings is 1. The van der Waals surface area contributed by atoms with Crippen LogP contribution in [-0.4, -0.2) is 39.2 Å². The number of thioether (sulfide) groups is 1. The van der Waals surface area contributed by atoms with Crippen LogP contribution in [0.15, 0.2) is 50.8 Å². The number of piperidine rings is 1. The molecule has 2 atom stereocenters. The number of thiophene rings is 1. The second-order valence-corrected chi connectivity index (χ2v) is 9.74. The highest BCUT2D eigenvalue weighted by Gasteiger charge is 2.26. The standard InChI is InChI=1S/C22H25N3O3S2/c1-4-7-25-21(27)19-16(17-6-5-8-28-17)12-29-20(19)23-22(25)30-13-18(26)24-10-14(2)9-15(3)11-24/h4-6,8,12,14-15H,1,7,9-11,13H2,2-3H3/t14-,15-/m1/s1. The molecule has 0 aromatic carbocycles. The van der Waals surface area contributed by atoms with Crippen LogP contribution in [0.4, 0.5) is 0 Å². The Bertz CT molecular complexity index is 1110. The number of allylic oxidation sites excluding steroid dienone is 1. The molecule has 1 fully saturated rings. The molecule has 3 aromatic rings. The number of aromatic nitrogens is 2. The van der Waals surface area contributed by atoms with Gasteiger partial charge in [-0.05, 0) is 30.4 Å². The van der Waals surface area contributed by atoms with E-state index in [1.807, 2.05) is 16.3 Å². The maximum atomic E-state index is 13.3. The van der Waals surface area contributed by atoms with Crippen molar-refractivity contribution in [3.05, 3.63) is 46.8 Å². The highest BCUT2D eigenvalue weighted by molar-refractivity contribution is 7.99. The maximum absolute atomic E-state index is 13.3. The first-order valence-electron chi connectivity index (χ1n) is 10.0. The smallest absolute Gasteiger partial charge is 0.263 e. The minimum atomic E-state index is -0.136. The lowest BCUT2D eigenvalue weighted by molar-refractivity contribution is -0.130. The van der Waals surface area contributed by atoms with Crippen molar-refractivity contribution in [2.24, 2.45) is 11.8 Å². The number of carbonyl (C=O) groups excluding carboxylic acids is 1. The lowest BCUT2D eigenvalue weighted by atomic mass is 9.92. The van der Waals surface area contributed by atoms with Gasteiger partial charge in [-0.25, -0.2) is 4.98 Å². The molecule has 0 radical (unpaired) electrons. The van der Waals surface area contributed by atoms with Crippen LogP contribution in [0.2, 0.25) is 0 Å². The number of fused-ring (bicyclic) bond motifs is 1. The van der Waals surface area contributed by atoms with Gasteiger partial charge in [0.15, 0.2) is 5.16 Å². The van der Waals surface area contributed by atoms with E-state index in [1.54, 1.807) is 23.0 Å². The highest BCUT2D eigenvalue weighted by atomic mass is 32.2. The number of likely N-dealkylation sites (tertiary alicyclic amines) is 1. The molecule has 0 N–H and O–H groups in total. The summed E-state index contributed by atoms with van der Waals surface area (Å²) in [6.45, 7) is 10.1. The molecule has 4 rings (SSSR count). The van der Waals surface area contributed by atoms with Crippen molar-refractivity contribution < 1.29 is 9.21 Å². The number of hydrogen-bond donors (Lipinski definition) is 0. The normalized spacial score (nSPS) is 19.3. The summed E-state index contributed by atoms with van der Waals surface area (Å²) in [7, 11) is 0. The van der Waals surface area contributed by atoms with Crippen molar-refractivity contribution in [1.29, 1.82) is 0 Å². The largest absolute Gasteiger partial charge is 0.464 e. The lowest BCUT2D eigenvalue weighted by Gasteiger charge is -2.35. The summed E-state index contributed by atoms with van der Waals surface area (Å²) in [6.07, 6.45) is 4.42. The fraction of sp³-hybridized carbons (Fsp3) is 0.409. The van der Waals surface area contributed by atoms with Crippen LogP contribution in [0.3, 0.4) is 0 Å². The molecule has 1 aliphatic heterocycles. The Morgan fingerprint density at radius 3 is 2.83 bits per heavy atom. The molecule has 3 aromatic heterocycles. The summed E-state index contributed by atoms with van der Waals surface area (Å²) in [5, 5.41) is 2.99. The Balaban J connectivity index is 1.62. The van der Waals surface area contributed by atoms with Crippen molar-refractivity contribution in [1.82, 2.24) is 14.5 Å². The van der Waals surface area contributed by atoms with Crippen LogP contribution in [0.25, 0.3) is 21.5 Å². The number of amides is 1. The van der Waals surface area contributed by atoms with Crippen LogP contribution >= 0.6 is 23.1 Å². The molecule has 0 saturated carbocycles. The Labute approximate surface area is 183 Å². The molecule has 8 heteroatoms. The van der Waals surface area contributed by atoms with Crippen molar-refractivity contribution in [2.45, 2.75) is 32.0 Å².